The largest absolute Gasteiger partial charge is 0.507 e. The van der Waals surface area contributed by atoms with Crippen molar-refractivity contribution in [3.8, 4) is 5.75 Å². The number of halogens is 1. The van der Waals surface area contributed by atoms with Crippen LogP contribution in [0.15, 0.2) is 52.6 Å². The van der Waals surface area contributed by atoms with Gasteiger partial charge in [0.1, 0.15) is 18.4 Å². The first kappa shape index (κ1) is 11.9. The van der Waals surface area contributed by atoms with E-state index in [1.807, 2.05) is 24.3 Å². The van der Waals surface area contributed by atoms with Crippen LogP contribution in [0.4, 0.5) is 0 Å². The number of nitrogens with zero attached hydrogens (tertiary/aromatic N) is 4. The van der Waals surface area contributed by atoms with Crippen molar-refractivity contribution in [3.63, 3.8) is 0 Å². The Hall–Kier alpha value is -2.21. The van der Waals surface area contributed by atoms with E-state index in [1.165, 1.54) is 17.4 Å². The van der Waals surface area contributed by atoms with Gasteiger partial charge in [0.15, 0.2) is 0 Å². The van der Waals surface area contributed by atoms with Gasteiger partial charge in [-0.2, -0.15) is 5.10 Å². The highest BCUT2D eigenvalue weighted by Gasteiger charge is 2.05. The van der Waals surface area contributed by atoms with Crippen LogP contribution in [0.5, 0.6) is 5.75 Å². The maximum atomic E-state index is 9.96. The second-order valence-corrected chi connectivity index (χ2v) is 4.84. The lowest BCUT2D eigenvalue weighted by atomic mass is 10.0. The summed E-state index contributed by atoms with van der Waals surface area (Å²) in [6.45, 7) is 0. The predicted octanol–water partition coefficient (Wildman–Crippen LogP) is 2.78. The van der Waals surface area contributed by atoms with E-state index in [4.69, 9.17) is 0 Å². The first-order chi connectivity index (χ1) is 9.24. The standard InChI is InChI=1S/C13H9BrN4O/c14-10-2-3-11-9(5-10)1-4-13(19)12(11)6-16-18-8-15-7-17-18/h1-8,19H. The van der Waals surface area contributed by atoms with Gasteiger partial charge >= 0.3 is 0 Å². The van der Waals surface area contributed by atoms with Crippen LogP contribution < -0.4 is 0 Å². The van der Waals surface area contributed by atoms with Crippen LogP contribution in [0.2, 0.25) is 0 Å². The van der Waals surface area contributed by atoms with Gasteiger partial charge in [-0.25, -0.2) is 4.98 Å². The highest BCUT2D eigenvalue weighted by atomic mass is 79.9. The lowest BCUT2D eigenvalue weighted by molar-refractivity contribution is 0.475. The van der Waals surface area contributed by atoms with E-state index in [0.717, 1.165) is 15.2 Å². The summed E-state index contributed by atoms with van der Waals surface area (Å²) in [5.41, 5.74) is 0.653. The highest BCUT2D eigenvalue weighted by Crippen LogP contribution is 2.27. The molecular formula is C13H9BrN4O. The zero-order chi connectivity index (χ0) is 13.2. The molecule has 1 heterocycles. The van der Waals surface area contributed by atoms with Crippen molar-refractivity contribution < 1.29 is 5.11 Å². The van der Waals surface area contributed by atoms with Gasteiger partial charge in [-0.15, -0.1) is 9.89 Å². The van der Waals surface area contributed by atoms with E-state index in [0.29, 0.717) is 5.56 Å². The monoisotopic (exact) mass is 316 g/mol. The molecule has 3 aromatic rings. The summed E-state index contributed by atoms with van der Waals surface area (Å²) in [5.74, 6) is 0.179. The van der Waals surface area contributed by atoms with Gasteiger partial charge in [0.25, 0.3) is 0 Å². The van der Waals surface area contributed by atoms with Crippen LogP contribution in [0, 0.1) is 0 Å². The van der Waals surface area contributed by atoms with E-state index < -0.39 is 0 Å². The summed E-state index contributed by atoms with van der Waals surface area (Å²) in [6.07, 6.45) is 4.45. The van der Waals surface area contributed by atoms with E-state index in [9.17, 15) is 5.11 Å². The normalized spacial score (nSPS) is 11.4. The molecule has 1 aromatic heterocycles. The quantitative estimate of drug-likeness (QED) is 0.739. The first-order valence-electron chi connectivity index (χ1n) is 5.54. The minimum Gasteiger partial charge on any atom is -0.507 e. The number of aromatic nitrogens is 3. The van der Waals surface area contributed by atoms with Crippen LogP contribution >= 0.6 is 15.9 Å². The lowest BCUT2D eigenvalue weighted by Gasteiger charge is -2.05. The molecule has 0 amide bonds. The van der Waals surface area contributed by atoms with Crippen molar-refractivity contribution in [2.45, 2.75) is 0 Å². The van der Waals surface area contributed by atoms with Gasteiger partial charge in [-0.05, 0) is 29.0 Å². The number of phenols is 1. The molecule has 0 aliphatic carbocycles. The summed E-state index contributed by atoms with van der Waals surface area (Å²) in [4.78, 5) is 5.13. The SMILES string of the molecule is Oc1ccc2cc(Br)ccc2c1C=Nn1cncn1. The van der Waals surface area contributed by atoms with Crippen molar-refractivity contribution in [1.82, 2.24) is 14.9 Å². The predicted molar refractivity (Wildman–Crippen MR) is 76.3 cm³/mol. The Labute approximate surface area is 117 Å². The molecular weight excluding hydrogens is 308 g/mol. The van der Waals surface area contributed by atoms with E-state index in [1.54, 1.807) is 12.3 Å². The molecule has 6 heteroatoms. The summed E-state index contributed by atoms with van der Waals surface area (Å²) in [6, 6.07) is 9.36. The van der Waals surface area contributed by atoms with Crippen LogP contribution in [0.3, 0.4) is 0 Å². The van der Waals surface area contributed by atoms with Gasteiger partial charge in [0, 0.05) is 10.0 Å². The molecule has 0 aliphatic heterocycles. The lowest BCUT2D eigenvalue weighted by Crippen LogP contribution is -1.92. The molecule has 1 N–H and O–H groups in total. The molecule has 0 atom stereocenters. The zero-order valence-electron chi connectivity index (χ0n) is 9.73. The van der Waals surface area contributed by atoms with Crippen molar-refractivity contribution >= 4 is 32.9 Å². The summed E-state index contributed by atoms with van der Waals surface area (Å²) in [7, 11) is 0. The molecule has 19 heavy (non-hydrogen) atoms. The third-order valence-electron chi connectivity index (χ3n) is 2.71. The average molecular weight is 317 g/mol. The average Bonchev–Trinajstić information content (AvgIpc) is 2.91. The van der Waals surface area contributed by atoms with Gasteiger partial charge in [-0.3, -0.25) is 0 Å². The molecule has 0 aliphatic rings. The molecule has 94 valence electrons. The minimum atomic E-state index is 0.179. The van der Waals surface area contributed by atoms with Crippen LogP contribution in [0.1, 0.15) is 5.56 Å². The Morgan fingerprint density at radius 2 is 2.16 bits per heavy atom. The van der Waals surface area contributed by atoms with Crippen LogP contribution in [0.25, 0.3) is 10.8 Å². The van der Waals surface area contributed by atoms with Gasteiger partial charge in [0.05, 0.1) is 6.21 Å². The minimum absolute atomic E-state index is 0.179. The zero-order valence-corrected chi connectivity index (χ0v) is 11.3. The number of phenolic OH excluding ortho intramolecular Hbond substituents is 1. The smallest absolute Gasteiger partial charge is 0.139 e. The summed E-state index contributed by atoms with van der Waals surface area (Å²) >= 11 is 3.43. The van der Waals surface area contributed by atoms with E-state index in [-0.39, 0.29) is 5.75 Å². The first-order valence-corrected chi connectivity index (χ1v) is 6.33. The third kappa shape index (κ3) is 2.34. The highest BCUT2D eigenvalue weighted by molar-refractivity contribution is 9.10. The summed E-state index contributed by atoms with van der Waals surface area (Å²) < 4.78 is 0.991. The number of rotatable bonds is 2. The van der Waals surface area contributed by atoms with Crippen LogP contribution in [-0.2, 0) is 0 Å². The fraction of sp³-hybridized carbons (Fsp3) is 0. The Bertz CT molecular complexity index is 753. The Morgan fingerprint density at radius 3 is 2.95 bits per heavy atom. The summed E-state index contributed by atoms with van der Waals surface area (Å²) in [5, 5.41) is 19.9. The number of hydrogen-bond acceptors (Lipinski definition) is 4. The van der Waals surface area contributed by atoms with Crippen molar-refractivity contribution in [2.24, 2.45) is 5.10 Å². The third-order valence-corrected chi connectivity index (χ3v) is 3.21. The Balaban J connectivity index is 2.14. The Morgan fingerprint density at radius 1 is 1.26 bits per heavy atom. The molecule has 5 nitrogen and oxygen atoms in total. The molecule has 0 saturated carbocycles. The van der Waals surface area contributed by atoms with Crippen molar-refractivity contribution in [2.75, 3.05) is 0 Å². The number of benzene rings is 2. The number of aromatic hydroxyl groups is 1. The molecule has 0 radical (unpaired) electrons. The maximum absolute atomic E-state index is 9.96. The number of hydrogen-bond donors (Lipinski definition) is 1. The van der Waals surface area contributed by atoms with Gasteiger partial charge in [-0.1, -0.05) is 28.1 Å². The molecule has 0 spiro atoms. The number of fused-ring (bicyclic) bond motifs is 1. The van der Waals surface area contributed by atoms with E-state index >= 15 is 0 Å². The van der Waals surface area contributed by atoms with Crippen molar-refractivity contribution in [1.29, 1.82) is 0 Å². The molecule has 0 bridgehead atoms. The van der Waals surface area contributed by atoms with Crippen LogP contribution in [-0.4, -0.2) is 26.2 Å². The fourth-order valence-corrected chi connectivity index (χ4v) is 2.21. The molecule has 0 fully saturated rings. The maximum Gasteiger partial charge on any atom is 0.139 e. The molecule has 0 saturated heterocycles. The molecule has 2 aromatic carbocycles. The second kappa shape index (κ2) is 4.81. The fourth-order valence-electron chi connectivity index (χ4n) is 1.83. The second-order valence-electron chi connectivity index (χ2n) is 3.92. The topological polar surface area (TPSA) is 63.3 Å². The molecule has 3 rings (SSSR count). The van der Waals surface area contributed by atoms with E-state index in [2.05, 4.69) is 31.1 Å². The Kier molecular flexibility index (Phi) is 3.00. The molecule has 0 unspecified atom stereocenters. The van der Waals surface area contributed by atoms with Crippen molar-refractivity contribution in [3.05, 3.63) is 53.0 Å². The van der Waals surface area contributed by atoms with Gasteiger partial charge < -0.3 is 5.11 Å². The van der Waals surface area contributed by atoms with Gasteiger partial charge in [0.2, 0.25) is 0 Å².